The van der Waals surface area contributed by atoms with E-state index >= 15 is 0 Å². The minimum Gasteiger partial charge on any atom is -0.310 e. The molecule has 1 N–H and O–H groups in total. The van der Waals surface area contributed by atoms with Gasteiger partial charge in [-0.2, -0.15) is 11.3 Å². The van der Waals surface area contributed by atoms with Crippen LogP contribution < -0.4 is 5.32 Å². The number of rotatable bonds is 5. The second-order valence-corrected chi connectivity index (χ2v) is 5.48. The van der Waals surface area contributed by atoms with Crippen LogP contribution in [0.25, 0.3) is 0 Å². The molecule has 1 unspecified atom stereocenters. The quantitative estimate of drug-likeness (QED) is 0.862. The van der Waals surface area contributed by atoms with Crippen molar-refractivity contribution in [3.8, 4) is 0 Å². The largest absolute Gasteiger partial charge is 0.310 e. The minimum absolute atomic E-state index is 0.125. The van der Waals surface area contributed by atoms with E-state index in [1.54, 1.807) is 24.3 Å². The van der Waals surface area contributed by atoms with Crippen LogP contribution in [0.1, 0.15) is 23.6 Å². The van der Waals surface area contributed by atoms with Crippen molar-refractivity contribution in [2.24, 2.45) is 0 Å². The van der Waals surface area contributed by atoms with E-state index in [0.29, 0.717) is 18.2 Å². The Kier molecular flexibility index (Phi) is 4.50. The summed E-state index contributed by atoms with van der Waals surface area (Å²) in [6, 6.07) is 7.95. The highest BCUT2D eigenvalue weighted by molar-refractivity contribution is 7.07. The molecule has 0 aliphatic carbocycles. The van der Waals surface area contributed by atoms with Crippen LogP contribution in [0.5, 0.6) is 0 Å². The highest BCUT2D eigenvalue weighted by Gasteiger charge is 2.04. The lowest BCUT2D eigenvalue weighted by Gasteiger charge is -2.13. The molecule has 0 spiro atoms. The summed E-state index contributed by atoms with van der Waals surface area (Å²) in [5.74, 6) is -0.125. The molecule has 0 saturated heterocycles. The maximum atomic E-state index is 13.4. The van der Waals surface area contributed by atoms with Crippen molar-refractivity contribution in [1.29, 1.82) is 0 Å². The molecule has 3 heteroatoms. The van der Waals surface area contributed by atoms with Gasteiger partial charge in [-0.15, -0.1) is 0 Å². The maximum Gasteiger partial charge on any atom is 0.126 e. The molecule has 2 aromatic rings. The maximum absolute atomic E-state index is 13.4. The van der Waals surface area contributed by atoms with Crippen LogP contribution in [0.3, 0.4) is 0 Å². The van der Waals surface area contributed by atoms with Crippen LogP contribution in [0.4, 0.5) is 4.39 Å². The Hall–Kier alpha value is -1.19. The average Bonchev–Trinajstić information content (AvgIpc) is 2.83. The van der Waals surface area contributed by atoms with E-state index < -0.39 is 0 Å². The van der Waals surface area contributed by atoms with Crippen LogP contribution >= 0.6 is 11.3 Å². The Morgan fingerprint density at radius 3 is 2.78 bits per heavy atom. The van der Waals surface area contributed by atoms with Crippen LogP contribution in [-0.4, -0.2) is 6.04 Å². The number of aryl methyl sites for hydroxylation is 1. The standard InChI is InChI=1S/C15H18FNS/c1-11-3-4-13(8-15(11)16)9-17-12(2)7-14-5-6-18-10-14/h3-6,8,10,12,17H,7,9H2,1-2H3. The zero-order valence-corrected chi connectivity index (χ0v) is 11.6. The molecule has 0 bridgehead atoms. The molecular formula is C15H18FNS. The van der Waals surface area contributed by atoms with Gasteiger partial charge in [0.15, 0.2) is 0 Å². The highest BCUT2D eigenvalue weighted by Crippen LogP contribution is 2.11. The molecule has 18 heavy (non-hydrogen) atoms. The zero-order chi connectivity index (χ0) is 13.0. The monoisotopic (exact) mass is 263 g/mol. The summed E-state index contributed by atoms with van der Waals surface area (Å²) in [5, 5.41) is 7.69. The molecule has 0 aliphatic heterocycles. The number of thiophene rings is 1. The number of hydrogen-bond donors (Lipinski definition) is 1. The third-order valence-electron chi connectivity index (χ3n) is 3.01. The summed E-state index contributed by atoms with van der Waals surface area (Å²) < 4.78 is 13.4. The zero-order valence-electron chi connectivity index (χ0n) is 10.7. The highest BCUT2D eigenvalue weighted by atomic mass is 32.1. The fourth-order valence-electron chi connectivity index (χ4n) is 1.87. The van der Waals surface area contributed by atoms with Crippen molar-refractivity contribution < 1.29 is 4.39 Å². The second-order valence-electron chi connectivity index (χ2n) is 4.70. The predicted molar refractivity (Wildman–Crippen MR) is 75.5 cm³/mol. The second kappa shape index (κ2) is 6.12. The van der Waals surface area contributed by atoms with E-state index in [2.05, 4.69) is 29.1 Å². The van der Waals surface area contributed by atoms with Gasteiger partial charge >= 0.3 is 0 Å². The number of benzene rings is 1. The molecule has 0 fully saturated rings. The lowest BCUT2D eigenvalue weighted by molar-refractivity contribution is 0.542. The summed E-state index contributed by atoms with van der Waals surface area (Å²) in [6.07, 6.45) is 1.01. The van der Waals surface area contributed by atoms with Crippen molar-refractivity contribution in [3.05, 3.63) is 57.5 Å². The fraction of sp³-hybridized carbons (Fsp3) is 0.333. The van der Waals surface area contributed by atoms with E-state index in [-0.39, 0.29) is 5.82 Å². The lowest BCUT2D eigenvalue weighted by Crippen LogP contribution is -2.27. The Bertz CT molecular complexity index is 493. The van der Waals surface area contributed by atoms with Crippen LogP contribution in [0.2, 0.25) is 0 Å². The lowest BCUT2D eigenvalue weighted by atomic mass is 10.1. The molecule has 1 aromatic carbocycles. The van der Waals surface area contributed by atoms with E-state index in [1.807, 2.05) is 12.1 Å². The first kappa shape index (κ1) is 13.2. The molecule has 1 aromatic heterocycles. The van der Waals surface area contributed by atoms with Gasteiger partial charge in [0.25, 0.3) is 0 Å². The van der Waals surface area contributed by atoms with Crippen LogP contribution in [0, 0.1) is 12.7 Å². The van der Waals surface area contributed by atoms with Crippen molar-refractivity contribution in [2.75, 3.05) is 0 Å². The third-order valence-corrected chi connectivity index (χ3v) is 3.74. The first-order valence-electron chi connectivity index (χ1n) is 6.14. The smallest absolute Gasteiger partial charge is 0.126 e. The molecule has 1 nitrogen and oxygen atoms in total. The third kappa shape index (κ3) is 3.65. The van der Waals surface area contributed by atoms with E-state index in [4.69, 9.17) is 0 Å². The fourth-order valence-corrected chi connectivity index (χ4v) is 2.55. The van der Waals surface area contributed by atoms with Crippen molar-refractivity contribution >= 4 is 11.3 Å². The normalized spacial score (nSPS) is 12.6. The van der Waals surface area contributed by atoms with Gasteiger partial charge in [-0.1, -0.05) is 12.1 Å². The minimum atomic E-state index is -0.125. The van der Waals surface area contributed by atoms with Crippen LogP contribution in [0.15, 0.2) is 35.0 Å². The number of hydrogen-bond acceptors (Lipinski definition) is 2. The van der Waals surface area contributed by atoms with E-state index in [0.717, 1.165) is 12.0 Å². The van der Waals surface area contributed by atoms with Gasteiger partial charge in [0.2, 0.25) is 0 Å². The Morgan fingerprint density at radius 2 is 2.11 bits per heavy atom. The van der Waals surface area contributed by atoms with Crippen molar-refractivity contribution in [2.45, 2.75) is 32.9 Å². The van der Waals surface area contributed by atoms with Gasteiger partial charge in [0.1, 0.15) is 5.82 Å². The molecule has 0 aliphatic rings. The van der Waals surface area contributed by atoms with Gasteiger partial charge in [0, 0.05) is 12.6 Å². The van der Waals surface area contributed by atoms with Crippen molar-refractivity contribution in [1.82, 2.24) is 5.32 Å². The van der Waals surface area contributed by atoms with Gasteiger partial charge in [-0.3, -0.25) is 0 Å². The Balaban J connectivity index is 1.85. The van der Waals surface area contributed by atoms with Gasteiger partial charge < -0.3 is 5.32 Å². The van der Waals surface area contributed by atoms with E-state index in [1.165, 1.54) is 5.56 Å². The SMILES string of the molecule is Cc1ccc(CNC(C)Cc2ccsc2)cc1F. The predicted octanol–water partition coefficient (Wildman–Crippen LogP) is 3.92. The molecule has 0 saturated carbocycles. The molecule has 0 radical (unpaired) electrons. The first-order chi connectivity index (χ1) is 8.65. The average molecular weight is 263 g/mol. The van der Waals surface area contributed by atoms with Gasteiger partial charge in [-0.05, 0) is 59.9 Å². The summed E-state index contributed by atoms with van der Waals surface area (Å²) in [6.45, 7) is 4.65. The Morgan fingerprint density at radius 1 is 1.28 bits per heavy atom. The Labute approximate surface area is 112 Å². The van der Waals surface area contributed by atoms with Gasteiger partial charge in [0.05, 0.1) is 0 Å². The summed E-state index contributed by atoms with van der Waals surface area (Å²) in [5.41, 5.74) is 3.05. The molecule has 1 heterocycles. The summed E-state index contributed by atoms with van der Waals surface area (Å²) in [4.78, 5) is 0. The van der Waals surface area contributed by atoms with E-state index in [9.17, 15) is 4.39 Å². The summed E-state index contributed by atoms with van der Waals surface area (Å²) in [7, 11) is 0. The number of nitrogens with one attached hydrogen (secondary N) is 1. The molecule has 1 atom stereocenters. The van der Waals surface area contributed by atoms with Crippen LogP contribution in [-0.2, 0) is 13.0 Å². The molecule has 0 amide bonds. The van der Waals surface area contributed by atoms with Gasteiger partial charge in [-0.25, -0.2) is 4.39 Å². The summed E-state index contributed by atoms with van der Waals surface area (Å²) >= 11 is 1.72. The topological polar surface area (TPSA) is 12.0 Å². The van der Waals surface area contributed by atoms with Crippen molar-refractivity contribution in [3.63, 3.8) is 0 Å². The first-order valence-corrected chi connectivity index (χ1v) is 7.09. The number of halogens is 1. The molecule has 96 valence electrons. The molecular weight excluding hydrogens is 245 g/mol. The molecule has 2 rings (SSSR count).